The molecule has 0 saturated heterocycles. The summed E-state index contributed by atoms with van der Waals surface area (Å²) in [5, 5.41) is 4.24. The van der Waals surface area contributed by atoms with E-state index in [-0.39, 0.29) is 11.4 Å². The number of benzene rings is 1. The van der Waals surface area contributed by atoms with Crippen LogP contribution in [-0.2, 0) is 0 Å². The van der Waals surface area contributed by atoms with Gasteiger partial charge in [0, 0.05) is 10.9 Å². The zero-order valence-corrected chi connectivity index (χ0v) is 12.6. The monoisotopic (exact) mass is 275 g/mol. The van der Waals surface area contributed by atoms with Gasteiger partial charge in [-0.2, -0.15) is 0 Å². The minimum Gasteiger partial charge on any atom is -0.456 e. The van der Waals surface area contributed by atoms with Crippen molar-refractivity contribution >= 4 is 16.5 Å². The number of hydrogen-bond donors (Lipinski definition) is 1. The fourth-order valence-electron chi connectivity index (χ4n) is 2.04. The number of furan rings is 1. The average Bonchev–Trinajstić information content (AvgIpc) is 2.76. The van der Waals surface area contributed by atoms with Gasteiger partial charge in [0.15, 0.2) is 0 Å². The van der Waals surface area contributed by atoms with Gasteiger partial charge in [0.1, 0.15) is 17.2 Å². The Labute approximate surface area is 119 Å². The zero-order chi connectivity index (χ0) is 14.8. The van der Waals surface area contributed by atoms with Crippen molar-refractivity contribution in [1.82, 2.24) is 5.32 Å². The van der Waals surface area contributed by atoms with Crippen LogP contribution in [0.4, 0.5) is 4.39 Å². The van der Waals surface area contributed by atoms with Gasteiger partial charge in [0.05, 0.1) is 0 Å². The number of allylic oxidation sites excluding steroid dienone is 1. The molecule has 1 aromatic carbocycles. The molecule has 0 spiro atoms. The van der Waals surface area contributed by atoms with E-state index in [1.807, 2.05) is 13.0 Å². The van der Waals surface area contributed by atoms with Crippen LogP contribution in [0.3, 0.4) is 0 Å². The van der Waals surface area contributed by atoms with E-state index >= 15 is 0 Å². The lowest BCUT2D eigenvalue weighted by Gasteiger charge is -2.19. The predicted octanol–water partition coefficient (Wildman–Crippen LogP) is 4.75. The maximum absolute atomic E-state index is 13.1. The molecule has 3 heteroatoms. The Hall–Kier alpha value is -1.61. The van der Waals surface area contributed by atoms with E-state index in [1.54, 1.807) is 6.07 Å². The van der Waals surface area contributed by atoms with Crippen molar-refractivity contribution < 1.29 is 8.81 Å². The largest absolute Gasteiger partial charge is 0.456 e. The van der Waals surface area contributed by atoms with Crippen molar-refractivity contribution in [2.45, 2.75) is 39.7 Å². The minimum atomic E-state index is -0.235. The van der Waals surface area contributed by atoms with Crippen LogP contribution in [0.5, 0.6) is 0 Å². The van der Waals surface area contributed by atoms with Crippen molar-refractivity contribution in [2.24, 2.45) is 0 Å². The summed E-state index contributed by atoms with van der Waals surface area (Å²) in [5.74, 6) is 0.571. The number of halogens is 1. The van der Waals surface area contributed by atoms with Crippen molar-refractivity contribution in [3.05, 3.63) is 41.9 Å². The molecule has 0 bridgehead atoms. The molecule has 1 heterocycles. The molecule has 0 aliphatic rings. The van der Waals surface area contributed by atoms with Crippen molar-refractivity contribution in [3.63, 3.8) is 0 Å². The molecule has 108 valence electrons. The molecule has 0 saturated carbocycles. The topological polar surface area (TPSA) is 25.2 Å². The molecule has 2 rings (SSSR count). The molecular weight excluding hydrogens is 253 g/mol. The SMILES string of the molecule is C/C(=C/CCNC(C)(C)C)c1cc2cc(F)ccc2o1. The van der Waals surface area contributed by atoms with Gasteiger partial charge in [-0.15, -0.1) is 0 Å². The number of fused-ring (bicyclic) bond motifs is 1. The molecule has 0 atom stereocenters. The summed E-state index contributed by atoms with van der Waals surface area (Å²) in [7, 11) is 0. The molecule has 0 aliphatic heterocycles. The summed E-state index contributed by atoms with van der Waals surface area (Å²) in [4.78, 5) is 0. The third-order valence-electron chi connectivity index (χ3n) is 3.12. The first kappa shape index (κ1) is 14.8. The molecule has 20 heavy (non-hydrogen) atoms. The van der Waals surface area contributed by atoms with E-state index in [2.05, 4.69) is 32.2 Å². The Bertz CT molecular complexity index is 619. The Morgan fingerprint density at radius 1 is 1.30 bits per heavy atom. The molecule has 1 N–H and O–H groups in total. The van der Waals surface area contributed by atoms with Gasteiger partial charge in [0.25, 0.3) is 0 Å². The summed E-state index contributed by atoms with van der Waals surface area (Å²) < 4.78 is 18.9. The smallest absolute Gasteiger partial charge is 0.135 e. The normalized spacial score (nSPS) is 13.2. The highest BCUT2D eigenvalue weighted by Crippen LogP contribution is 2.25. The lowest BCUT2D eigenvalue weighted by atomic mass is 10.1. The van der Waals surface area contributed by atoms with E-state index in [4.69, 9.17) is 4.42 Å². The van der Waals surface area contributed by atoms with E-state index in [1.165, 1.54) is 12.1 Å². The second kappa shape index (κ2) is 5.80. The molecule has 0 aliphatic carbocycles. The van der Waals surface area contributed by atoms with Crippen LogP contribution in [0.1, 0.15) is 39.9 Å². The maximum atomic E-state index is 13.1. The molecule has 0 fully saturated rings. The average molecular weight is 275 g/mol. The van der Waals surface area contributed by atoms with Crippen molar-refractivity contribution in [1.29, 1.82) is 0 Å². The van der Waals surface area contributed by atoms with Gasteiger partial charge in [0.2, 0.25) is 0 Å². The Balaban J connectivity index is 2.05. The summed E-state index contributed by atoms with van der Waals surface area (Å²) in [6.07, 6.45) is 3.08. The van der Waals surface area contributed by atoms with Crippen molar-refractivity contribution in [3.8, 4) is 0 Å². The second-order valence-corrected chi connectivity index (χ2v) is 6.15. The standard InChI is InChI=1S/C17H22FNO/c1-12(6-5-9-19-17(2,3)4)16-11-13-10-14(18)7-8-15(13)20-16/h6-8,10-11,19H,5,9H2,1-4H3/b12-6-. The highest BCUT2D eigenvalue weighted by molar-refractivity contribution is 5.81. The first-order valence-electron chi connectivity index (χ1n) is 6.96. The predicted molar refractivity (Wildman–Crippen MR) is 82.2 cm³/mol. The van der Waals surface area contributed by atoms with Crippen molar-refractivity contribution in [2.75, 3.05) is 6.54 Å². The quantitative estimate of drug-likeness (QED) is 0.814. The van der Waals surface area contributed by atoms with Gasteiger partial charge in [-0.25, -0.2) is 4.39 Å². The molecular formula is C17H22FNO. The minimum absolute atomic E-state index is 0.138. The third kappa shape index (κ3) is 3.94. The lowest BCUT2D eigenvalue weighted by molar-refractivity contribution is 0.431. The van der Waals surface area contributed by atoms with E-state index in [0.29, 0.717) is 0 Å². The Morgan fingerprint density at radius 3 is 2.75 bits per heavy atom. The second-order valence-electron chi connectivity index (χ2n) is 6.15. The van der Waals surface area contributed by atoms with Crippen LogP contribution < -0.4 is 5.32 Å². The Kier molecular flexibility index (Phi) is 4.29. The van der Waals surface area contributed by atoms with Crippen LogP contribution in [-0.4, -0.2) is 12.1 Å². The molecule has 2 nitrogen and oxygen atoms in total. The highest BCUT2D eigenvalue weighted by atomic mass is 19.1. The zero-order valence-electron chi connectivity index (χ0n) is 12.6. The summed E-state index contributed by atoms with van der Waals surface area (Å²) in [6.45, 7) is 9.40. The van der Waals surface area contributed by atoms with Gasteiger partial charge >= 0.3 is 0 Å². The molecule has 0 amide bonds. The van der Waals surface area contributed by atoms with E-state index < -0.39 is 0 Å². The van der Waals surface area contributed by atoms with E-state index in [9.17, 15) is 4.39 Å². The van der Waals surface area contributed by atoms with Crippen LogP contribution in [0, 0.1) is 5.82 Å². The number of rotatable bonds is 4. The fourth-order valence-corrected chi connectivity index (χ4v) is 2.04. The molecule has 0 radical (unpaired) electrons. The Morgan fingerprint density at radius 2 is 2.05 bits per heavy atom. The summed E-state index contributed by atoms with van der Waals surface area (Å²) >= 11 is 0. The third-order valence-corrected chi connectivity index (χ3v) is 3.12. The van der Waals surface area contributed by atoms with Gasteiger partial charge in [-0.3, -0.25) is 0 Å². The van der Waals surface area contributed by atoms with E-state index in [0.717, 1.165) is 35.3 Å². The highest BCUT2D eigenvalue weighted by Gasteiger charge is 2.08. The number of hydrogen-bond acceptors (Lipinski definition) is 2. The van der Waals surface area contributed by atoms with Gasteiger partial charge < -0.3 is 9.73 Å². The molecule has 2 aromatic rings. The number of nitrogens with one attached hydrogen (secondary N) is 1. The first-order chi connectivity index (χ1) is 9.35. The lowest BCUT2D eigenvalue weighted by Crippen LogP contribution is -2.36. The summed E-state index contributed by atoms with van der Waals surface area (Å²) in [6, 6.07) is 6.47. The first-order valence-corrected chi connectivity index (χ1v) is 6.96. The van der Waals surface area contributed by atoms with Crippen LogP contribution in [0.25, 0.3) is 16.5 Å². The van der Waals surface area contributed by atoms with Crippen LogP contribution >= 0.6 is 0 Å². The summed E-state index contributed by atoms with van der Waals surface area (Å²) in [5.41, 5.74) is 1.94. The maximum Gasteiger partial charge on any atom is 0.135 e. The van der Waals surface area contributed by atoms with Crippen LogP contribution in [0.2, 0.25) is 0 Å². The van der Waals surface area contributed by atoms with Gasteiger partial charge in [-0.05, 0) is 70.5 Å². The fraction of sp³-hybridized carbons (Fsp3) is 0.412. The molecule has 0 unspecified atom stereocenters. The molecule has 1 aromatic heterocycles. The van der Waals surface area contributed by atoms with Crippen LogP contribution in [0.15, 0.2) is 34.8 Å². The van der Waals surface area contributed by atoms with Gasteiger partial charge in [-0.1, -0.05) is 6.08 Å².